The highest BCUT2D eigenvalue weighted by molar-refractivity contribution is 9.10. The lowest BCUT2D eigenvalue weighted by Crippen LogP contribution is -2.28. The molecule has 2 nitrogen and oxygen atoms in total. The molecule has 2 unspecified atom stereocenters. The third kappa shape index (κ3) is 3.15. The zero-order valence-corrected chi connectivity index (χ0v) is 12.8. The van der Waals surface area contributed by atoms with Gasteiger partial charge in [0.1, 0.15) is 11.3 Å². The van der Waals surface area contributed by atoms with E-state index in [1.54, 1.807) is 0 Å². The topological polar surface area (TPSA) is 25.2 Å². The number of hydrogen-bond acceptors (Lipinski definition) is 2. The second-order valence-corrected chi connectivity index (χ2v) is 5.82. The van der Waals surface area contributed by atoms with Gasteiger partial charge in [0, 0.05) is 15.9 Å². The van der Waals surface area contributed by atoms with Crippen LogP contribution in [0.4, 0.5) is 0 Å². The summed E-state index contributed by atoms with van der Waals surface area (Å²) in [4.78, 5) is 0. The largest absolute Gasteiger partial charge is 0.459 e. The summed E-state index contributed by atoms with van der Waals surface area (Å²) in [6.45, 7) is 6.58. The van der Waals surface area contributed by atoms with E-state index in [2.05, 4.69) is 54.2 Å². The van der Waals surface area contributed by atoms with Gasteiger partial charge in [-0.1, -0.05) is 29.3 Å². The van der Waals surface area contributed by atoms with Crippen LogP contribution >= 0.6 is 15.9 Å². The third-order valence-corrected chi connectivity index (χ3v) is 3.67. The van der Waals surface area contributed by atoms with Gasteiger partial charge in [-0.05, 0) is 44.5 Å². The first-order valence-corrected chi connectivity index (χ1v) is 7.34. The zero-order valence-electron chi connectivity index (χ0n) is 11.2. The van der Waals surface area contributed by atoms with Crippen molar-refractivity contribution in [3.63, 3.8) is 0 Å². The molecular formula is C15H20BrNO. The van der Waals surface area contributed by atoms with Crippen molar-refractivity contribution < 1.29 is 4.42 Å². The maximum Gasteiger partial charge on any atom is 0.134 e. The first kappa shape index (κ1) is 13.6. The summed E-state index contributed by atoms with van der Waals surface area (Å²) in [5, 5.41) is 4.72. The Hall–Kier alpha value is -0.800. The van der Waals surface area contributed by atoms with E-state index in [1.807, 2.05) is 12.1 Å². The fourth-order valence-corrected chi connectivity index (χ4v) is 2.65. The molecule has 1 aromatic heterocycles. The standard InChI is InChI=1S/C15H20BrNO/c1-4-5-10(2)17-11(3)15-9-12-8-13(16)6-7-14(12)18-15/h6-11,17H,4-5H2,1-3H3. The van der Waals surface area contributed by atoms with Crippen molar-refractivity contribution in [1.82, 2.24) is 5.32 Å². The first-order valence-electron chi connectivity index (χ1n) is 6.55. The van der Waals surface area contributed by atoms with Crippen molar-refractivity contribution in [3.8, 4) is 0 Å². The van der Waals surface area contributed by atoms with Crippen molar-refractivity contribution in [1.29, 1.82) is 0 Å². The maximum absolute atomic E-state index is 5.88. The fourth-order valence-electron chi connectivity index (χ4n) is 2.27. The van der Waals surface area contributed by atoms with Gasteiger partial charge in [0.05, 0.1) is 6.04 Å². The van der Waals surface area contributed by atoms with Gasteiger partial charge in [-0.3, -0.25) is 0 Å². The Balaban J connectivity index is 2.15. The van der Waals surface area contributed by atoms with Crippen molar-refractivity contribution in [2.45, 2.75) is 45.7 Å². The third-order valence-electron chi connectivity index (χ3n) is 3.18. The monoisotopic (exact) mass is 309 g/mol. The molecule has 0 bridgehead atoms. The second-order valence-electron chi connectivity index (χ2n) is 4.91. The molecule has 0 saturated carbocycles. The fraction of sp³-hybridized carbons (Fsp3) is 0.467. The van der Waals surface area contributed by atoms with E-state index < -0.39 is 0 Å². The molecule has 0 aliphatic rings. The number of benzene rings is 1. The van der Waals surface area contributed by atoms with Crippen LogP contribution in [-0.4, -0.2) is 6.04 Å². The molecule has 1 N–H and O–H groups in total. The van der Waals surface area contributed by atoms with Crippen LogP contribution in [0.2, 0.25) is 0 Å². The molecule has 0 spiro atoms. The van der Waals surface area contributed by atoms with E-state index in [-0.39, 0.29) is 6.04 Å². The summed E-state index contributed by atoms with van der Waals surface area (Å²) in [7, 11) is 0. The van der Waals surface area contributed by atoms with Gasteiger partial charge >= 0.3 is 0 Å². The number of hydrogen-bond donors (Lipinski definition) is 1. The van der Waals surface area contributed by atoms with Crippen LogP contribution in [0.15, 0.2) is 33.2 Å². The lowest BCUT2D eigenvalue weighted by atomic mass is 10.1. The Labute approximate surface area is 117 Å². The summed E-state index contributed by atoms with van der Waals surface area (Å²) in [6, 6.07) is 8.99. The van der Waals surface area contributed by atoms with Crippen LogP contribution < -0.4 is 5.32 Å². The van der Waals surface area contributed by atoms with Crippen LogP contribution in [0.1, 0.15) is 45.4 Å². The van der Waals surface area contributed by atoms with Gasteiger partial charge < -0.3 is 9.73 Å². The van der Waals surface area contributed by atoms with Crippen LogP contribution in [0, 0.1) is 0 Å². The summed E-state index contributed by atoms with van der Waals surface area (Å²) in [5.74, 6) is 1.01. The molecule has 18 heavy (non-hydrogen) atoms. The molecule has 2 atom stereocenters. The van der Waals surface area contributed by atoms with Crippen molar-refractivity contribution in [2.75, 3.05) is 0 Å². The van der Waals surface area contributed by atoms with E-state index in [4.69, 9.17) is 4.42 Å². The molecule has 0 aliphatic carbocycles. The smallest absolute Gasteiger partial charge is 0.134 e. The first-order chi connectivity index (χ1) is 8.60. The van der Waals surface area contributed by atoms with Gasteiger partial charge in [0.2, 0.25) is 0 Å². The van der Waals surface area contributed by atoms with Gasteiger partial charge in [-0.25, -0.2) is 0 Å². The molecule has 98 valence electrons. The molecular weight excluding hydrogens is 290 g/mol. The minimum Gasteiger partial charge on any atom is -0.459 e. The van der Waals surface area contributed by atoms with Gasteiger partial charge in [-0.2, -0.15) is 0 Å². The molecule has 2 aromatic rings. The van der Waals surface area contributed by atoms with Crippen LogP contribution in [0.5, 0.6) is 0 Å². The number of halogens is 1. The molecule has 0 saturated heterocycles. The Bertz CT molecular complexity index is 520. The van der Waals surface area contributed by atoms with Crippen molar-refractivity contribution >= 4 is 26.9 Å². The van der Waals surface area contributed by atoms with E-state index in [9.17, 15) is 0 Å². The summed E-state index contributed by atoms with van der Waals surface area (Å²) in [6.07, 6.45) is 2.39. The Morgan fingerprint density at radius 3 is 2.78 bits per heavy atom. The SMILES string of the molecule is CCCC(C)NC(C)c1cc2cc(Br)ccc2o1. The van der Waals surface area contributed by atoms with E-state index in [0.29, 0.717) is 6.04 Å². The van der Waals surface area contributed by atoms with E-state index in [1.165, 1.54) is 12.8 Å². The van der Waals surface area contributed by atoms with Gasteiger partial charge in [-0.15, -0.1) is 0 Å². The lowest BCUT2D eigenvalue weighted by Gasteiger charge is -2.17. The maximum atomic E-state index is 5.88. The Morgan fingerprint density at radius 2 is 2.06 bits per heavy atom. The predicted octanol–water partition coefficient (Wildman–Crippen LogP) is 5.03. The predicted molar refractivity (Wildman–Crippen MR) is 79.8 cm³/mol. The highest BCUT2D eigenvalue weighted by atomic mass is 79.9. The molecule has 2 rings (SSSR count). The minimum atomic E-state index is 0.248. The van der Waals surface area contributed by atoms with E-state index in [0.717, 1.165) is 21.2 Å². The van der Waals surface area contributed by atoms with Crippen LogP contribution in [-0.2, 0) is 0 Å². The average molecular weight is 310 g/mol. The Kier molecular flexibility index (Phi) is 4.46. The Morgan fingerprint density at radius 1 is 1.28 bits per heavy atom. The van der Waals surface area contributed by atoms with Gasteiger partial charge in [0.15, 0.2) is 0 Å². The number of furan rings is 1. The molecule has 0 fully saturated rings. The average Bonchev–Trinajstić information content (AvgIpc) is 2.72. The molecule has 1 heterocycles. The van der Waals surface area contributed by atoms with E-state index >= 15 is 0 Å². The summed E-state index contributed by atoms with van der Waals surface area (Å²) in [5.41, 5.74) is 0.949. The number of nitrogens with one attached hydrogen (secondary N) is 1. The van der Waals surface area contributed by atoms with Crippen molar-refractivity contribution in [3.05, 3.63) is 34.5 Å². The molecule has 1 aromatic carbocycles. The molecule has 3 heteroatoms. The zero-order chi connectivity index (χ0) is 13.1. The molecule has 0 aliphatic heterocycles. The summed E-state index contributed by atoms with van der Waals surface area (Å²) < 4.78 is 6.97. The summed E-state index contributed by atoms with van der Waals surface area (Å²) >= 11 is 3.48. The quantitative estimate of drug-likeness (QED) is 0.837. The van der Waals surface area contributed by atoms with Crippen molar-refractivity contribution in [2.24, 2.45) is 0 Å². The number of rotatable bonds is 5. The van der Waals surface area contributed by atoms with Crippen LogP contribution in [0.25, 0.3) is 11.0 Å². The molecule has 0 amide bonds. The lowest BCUT2D eigenvalue weighted by molar-refractivity contribution is 0.398. The second kappa shape index (κ2) is 5.89. The van der Waals surface area contributed by atoms with Crippen LogP contribution in [0.3, 0.4) is 0 Å². The van der Waals surface area contributed by atoms with Gasteiger partial charge in [0.25, 0.3) is 0 Å². The number of fused-ring (bicyclic) bond motifs is 1. The normalized spacial score (nSPS) is 14.9. The minimum absolute atomic E-state index is 0.248. The molecule has 0 radical (unpaired) electrons. The highest BCUT2D eigenvalue weighted by Gasteiger charge is 2.13. The highest BCUT2D eigenvalue weighted by Crippen LogP contribution is 2.26.